The van der Waals surface area contributed by atoms with Crippen LogP contribution in [0.5, 0.6) is 0 Å². The Morgan fingerprint density at radius 1 is 1.00 bits per heavy atom. The third-order valence-corrected chi connectivity index (χ3v) is 6.36. The minimum absolute atomic E-state index is 0.506. The first-order valence-electron chi connectivity index (χ1n) is 10.8. The standard InChI is InChI=1S/C26H32N2O/c1-19-8-7-11-23(16-19)24-18-29-25(27-24)17-20-12-14-22(15-13-20)26(28(2)3)21-9-5-4-6-10-21/h4-11,16,18,20,22,26H,12-15,17H2,1-3H3. The van der Waals surface area contributed by atoms with Gasteiger partial charge in [0, 0.05) is 18.0 Å². The molecule has 1 unspecified atom stereocenters. The lowest BCUT2D eigenvalue weighted by Crippen LogP contribution is -2.30. The number of benzene rings is 2. The van der Waals surface area contributed by atoms with Crippen LogP contribution < -0.4 is 0 Å². The molecule has 152 valence electrons. The first kappa shape index (κ1) is 19.9. The average Bonchev–Trinajstić information content (AvgIpc) is 3.19. The predicted octanol–water partition coefficient (Wildman–Crippen LogP) is 6.30. The molecule has 3 heteroatoms. The Hall–Kier alpha value is -2.39. The summed E-state index contributed by atoms with van der Waals surface area (Å²) in [6, 6.07) is 19.9. The lowest BCUT2D eigenvalue weighted by atomic mass is 9.75. The lowest BCUT2D eigenvalue weighted by molar-refractivity contribution is 0.147. The number of oxazole rings is 1. The van der Waals surface area contributed by atoms with E-state index >= 15 is 0 Å². The topological polar surface area (TPSA) is 29.3 Å². The minimum atomic E-state index is 0.506. The second kappa shape index (κ2) is 8.96. The number of hydrogen-bond acceptors (Lipinski definition) is 3. The Balaban J connectivity index is 1.37. The molecule has 0 saturated heterocycles. The molecule has 1 aliphatic rings. The van der Waals surface area contributed by atoms with E-state index in [0.29, 0.717) is 12.0 Å². The van der Waals surface area contributed by atoms with Crippen LogP contribution in [0.15, 0.2) is 65.3 Å². The fourth-order valence-electron chi connectivity index (χ4n) is 4.94. The van der Waals surface area contributed by atoms with Crippen molar-refractivity contribution < 1.29 is 4.42 Å². The monoisotopic (exact) mass is 388 g/mol. The highest BCUT2D eigenvalue weighted by Crippen LogP contribution is 2.40. The van der Waals surface area contributed by atoms with Crippen LogP contribution in [0, 0.1) is 18.8 Å². The zero-order valence-corrected chi connectivity index (χ0v) is 17.8. The van der Waals surface area contributed by atoms with Crippen LogP contribution in [0.1, 0.15) is 48.7 Å². The van der Waals surface area contributed by atoms with E-state index in [0.717, 1.165) is 29.5 Å². The summed E-state index contributed by atoms with van der Waals surface area (Å²) < 4.78 is 5.82. The van der Waals surface area contributed by atoms with Crippen molar-refractivity contribution in [2.24, 2.45) is 11.8 Å². The van der Waals surface area contributed by atoms with Crippen molar-refractivity contribution in [3.05, 3.63) is 77.9 Å². The molecule has 1 saturated carbocycles. The summed E-state index contributed by atoms with van der Waals surface area (Å²) >= 11 is 0. The van der Waals surface area contributed by atoms with E-state index in [4.69, 9.17) is 9.40 Å². The zero-order chi connectivity index (χ0) is 20.2. The smallest absolute Gasteiger partial charge is 0.194 e. The highest BCUT2D eigenvalue weighted by Gasteiger charge is 2.30. The van der Waals surface area contributed by atoms with Gasteiger partial charge >= 0.3 is 0 Å². The predicted molar refractivity (Wildman–Crippen MR) is 119 cm³/mol. The molecular formula is C26H32N2O. The molecule has 0 bridgehead atoms. The molecular weight excluding hydrogens is 356 g/mol. The molecule has 1 aliphatic carbocycles. The van der Waals surface area contributed by atoms with E-state index in [9.17, 15) is 0 Å². The van der Waals surface area contributed by atoms with Crippen molar-refractivity contribution in [3.8, 4) is 11.3 Å². The molecule has 1 atom stereocenters. The van der Waals surface area contributed by atoms with Crippen molar-refractivity contribution >= 4 is 0 Å². The maximum atomic E-state index is 5.82. The second-order valence-electron chi connectivity index (χ2n) is 8.80. The van der Waals surface area contributed by atoms with Crippen molar-refractivity contribution in [1.29, 1.82) is 0 Å². The number of rotatable bonds is 6. The second-order valence-corrected chi connectivity index (χ2v) is 8.80. The van der Waals surface area contributed by atoms with E-state index in [1.807, 2.05) is 6.26 Å². The SMILES string of the molecule is Cc1cccc(-c2coc(CC3CCC(C(c4ccccc4)N(C)C)CC3)n2)c1. The molecule has 1 heterocycles. The van der Waals surface area contributed by atoms with Crippen molar-refractivity contribution in [2.45, 2.75) is 45.1 Å². The highest BCUT2D eigenvalue weighted by atomic mass is 16.3. The molecule has 0 N–H and O–H groups in total. The molecule has 3 aromatic rings. The summed E-state index contributed by atoms with van der Waals surface area (Å²) in [7, 11) is 4.42. The average molecular weight is 389 g/mol. The maximum Gasteiger partial charge on any atom is 0.194 e. The van der Waals surface area contributed by atoms with Crippen molar-refractivity contribution in [3.63, 3.8) is 0 Å². The Bertz CT molecular complexity index is 907. The number of aryl methyl sites for hydroxylation is 1. The molecule has 0 amide bonds. The van der Waals surface area contributed by atoms with Gasteiger partial charge in [0.05, 0.1) is 0 Å². The van der Waals surface area contributed by atoms with Gasteiger partial charge in [0.2, 0.25) is 0 Å². The first-order chi connectivity index (χ1) is 14.1. The van der Waals surface area contributed by atoms with Crippen LogP contribution in [0.3, 0.4) is 0 Å². The summed E-state index contributed by atoms with van der Waals surface area (Å²) in [5, 5.41) is 0. The van der Waals surface area contributed by atoms with Crippen molar-refractivity contribution in [1.82, 2.24) is 9.88 Å². The molecule has 2 aromatic carbocycles. The van der Waals surface area contributed by atoms with E-state index in [-0.39, 0.29) is 0 Å². The maximum absolute atomic E-state index is 5.82. The summed E-state index contributed by atoms with van der Waals surface area (Å²) in [6.07, 6.45) is 7.82. The lowest BCUT2D eigenvalue weighted by Gasteiger charge is -2.37. The summed E-state index contributed by atoms with van der Waals surface area (Å²) in [6.45, 7) is 2.11. The van der Waals surface area contributed by atoms with Gasteiger partial charge < -0.3 is 9.32 Å². The largest absolute Gasteiger partial charge is 0.448 e. The highest BCUT2D eigenvalue weighted by molar-refractivity contribution is 5.58. The normalized spacial score (nSPS) is 20.7. The molecule has 0 radical (unpaired) electrons. The molecule has 4 rings (SSSR count). The Kier molecular flexibility index (Phi) is 6.15. The number of aromatic nitrogens is 1. The van der Waals surface area contributed by atoms with Gasteiger partial charge in [-0.1, -0.05) is 54.1 Å². The fourth-order valence-corrected chi connectivity index (χ4v) is 4.94. The van der Waals surface area contributed by atoms with E-state index in [1.54, 1.807) is 0 Å². The Morgan fingerprint density at radius 2 is 1.76 bits per heavy atom. The molecule has 0 spiro atoms. The van der Waals surface area contributed by atoms with Crippen molar-refractivity contribution in [2.75, 3.05) is 14.1 Å². The first-order valence-corrected chi connectivity index (χ1v) is 10.8. The molecule has 1 aromatic heterocycles. The van der Waals surface area contributed by atoms with Gasteiger partial charge in [-0.05, 0) is 70.2 Å². The Morgan fingerprint density at radius 3 is 2.45 bits per heavy atom. The van der Waals surface area contributed by atoms with E-state index in [2.05, 4.69) is 80.5 Å². The number of nitrogens with zero attached hydrogens (tertiary/aromatic N) is 2. The van der Waals surface area contributed by atoms with Gasteiger partial charge in [-0.15, -0.1) is 0 Å². The van der Waals surface area contributed by atoms with Gasteiger partial charge in [-0.25, -0.2) is 4.98 Å². The third kappa shape index (κ3) is 4.79. The minimum Gasteiger partial charge on any atom is -0.448 e. The van der Waals surface area contributed by atoms with Gasteiger partial charge in [0.1, 0.15) is 12.0 Å². The number of hydrogen-bond donors (Lipinski definition) is 0. The molecule has 3 nitrogen and oxygen atoms in total. The van der Waals surface area contributed by atoms with Crippen LogP contribution in [-0.2, 0) is 6.42 Å². The molecule has 1 fully saturated rings. The summed E-state index contributed by atoms with van der Waals surface area (Å²) in [5.74, 6) is 2.28. The van der Waals surface area contributed by atoms with Crippen LogP contribution in [-0.4, -0.2) is 24.0 Å². The molecule has 29 heavy (non-hydrogen) atoms. The van der Waals surface area contributed by atoms with Crippen LogP contribution >= 0.6 is 0 Å². The molecule has 0 aliphatic heterocycles. The van der Waals surface area contributed by atoms with Crippen LogP contribution in [0.2, 0.25) is 0 Å². The van der Waals surface area contributed by atoms with Gasteiger partial charge in [-0.3, -0.25) is 0 Å². The zero-order valence-electron chi connectivity index (χ0n) is 17.8. The Labute approximate surface area is 174 Å². The summed E-state index contributed by atoms with van der Waals surface area (Å²) in [5.41, 5.74) is 4.78. The fraction of sp³-hybridized carbons (Fsp3) is 0.423. The van der Waals surface area contributed by atoms with Gasteiger partial charge in [0.15, 0.2) is 5.89 Å². The van der Waals surface area contributed by atoms with E-state index < -0.39 is 0 Å². The van der Waals surface area contributed by atoms with Crippen LogP contribution in [0.4, 0.5) is 0 Å². The quantitative estimate of drug-likeness (QED) is 0.496. The van der Waals surface area contributed by atoms with Crippen LogP contribution in [0.25, 0.3) is 11.3 Å². The third-order valence-electron chi connectivity index (χ3n) is 6.36. The van der Waals surface area contributed by atoms with Gasteiger partial charge in [0.25, 0.3) is 0 Å². The summed E-state index contributed by atoms with van der Waals surface area (Å²) in [4.78, 5) is 7.16. The van der Waals surface area contributed by atoms with Gasteiger partial charge in [-0.2, -0.15) is 0 Å². The van der Waals surface area contributed by atoms with E-state index in [1.165, 1.54) is 36.8 Å².